The third kappa shape index (κ3) is 2.58. The molecule has 0 aliphatic carbocycles. The van der Waals surface area contributed by atoms with Crippen molar-refractivity contribution < 1.29 is 9.53 Å². The quantitative estimate of drug-likeness (QED) is 0.783. The highest BCUT2D eigenvalue weighted by Crippen LogP contribution is 2.19. The van der Waals surface area contributed by atoms with Gasteiger partial charge in [0.05, 0.1) is 18.8 Å². The molecule has 0 spiro atoms. The van der Waals surface area contributed by atoms with E-state index < -0.39 is 0 Å². The van der Waals surface area contributed by atoms with Gasteiger partial charge in [-0.25, -0.2) is 4.79 Å². The average molecular weight is 281 g/mol. The van der Waals surface area contributed by atoms with Crippen molar-refractivity contribution in [3.8, 4) is 5.75 Å². The van der Waals surface area contributed by atoms with Gasteiger partial charge in [0.2, 0.25) is 0 Å². The third-order valence-corrected chi connectivity index (χ3v) is 3.24. The summed E-state index contributed by atoms with van der Waals surface area (Å²) in [6.45, 7) is 2.01. The summed E-state index contributed by atoms with van der Waals surface area (Å²) >= 11 is 0. The Bertz CT molecular complexity index is 808. The highest BCUT2D eigenvalue weighted by Gasteiger charge is 2.11. The summed E-state index contributed by atoms with van der Waals surface area (Å²) in [4.78, 5) is 12.3. The minimum atomic E-state index is -0.304. The molecule has 0 unspecified atom stereocenters. The number of carbonyl (C=O) groups is 1. The topological polar surface area (TPSA) is 56.1 Å². The molecule has 0 atom stereocenters. The number of anilines is 1. The molecule has 106 valence electrons. The molecule has 0 bridgehead atoms. The average Bonchev–Trinajstić information content (AvgIpc) is 2.90. The Balaban J connectivity index is 1.90. The highest BCUT2D eigenvalue weighted by molar-refractivity contribution is 5.97. The molecule has 1 amide bonds. The van der Waals surface area contributed by atoms with Crippen molar-refractivity contribution in [2.45, 2.75) is 6.92 Å². The molecule has 0 radical (unpaired) electrons. The maximum Gasteiger partial charge on any atom is 0.347 e. The van der Waals surface area contributed by atoms with Crippen LogP contribution < -0.4 is 10.1 Å². The first-order valence-electron chi connectivity index (χ1n) is 6.57. The van der Waals surface area contributed by atoms with E-state index >= 15 is 0 Å². The van der Waals surface area contributed by atoms with E-state index in [-0.39, 0.29) is 6.03 Å². The summed E-state index contributed by atoms with van der Waals surface area (Å²) in [7, 11) is 1.59. The lowest BCUT2D eigenvalue weighted by molar-refractivity contribution is 0.252. The van der Waals surface area contributed by atoms with Gasteiger partial charge in [-0.2, -0.15) is 9.78 Å². The van der Waals surface area contributed by atoms with E-state index in [0.717, 1.165) is 16.5 Å². The molecule has 2 aromatic carbocycles. The molecule has 3 rings (SSSR count). The van der Waals surface area contributed by atoms with E-state index in [1.54, 1.807) is 25.4 Å². The van der Waals surface area contributed by atoms with Crippen LogP contribution in [0.25, 0.3) is 10.9 Å². The molecular formula is C16H15N3O2. The number of ether oxygens (including phenoxy) is 1. The predicted molar refractivity (Wildman–Crippen MR) is 81.9 cm³/mol. The molecule has 5 heteroatoms. The minimum Gasteiger partial charge on any atom is -0.497 e. The number of aryl methyl sites for hydroxylation is 1. The van der Waals surface area contributed by atoms with Crippen LogP contribution in [-0.4, -0.2) is 22.9 Å². The van der Waals surface area contributed by atoms with Crippen molar-refractivity contribution in [1.29, 1.82) is 0 Å². The van der Waals surface area contributed by atoms with Gasteiger partial charge in [0, 0.05) is 17.1 Å². The summed E-state index contributed by atoms with van der Waals surface area (Å²) in [6, 6.07) is 12.7. The van der Waals surface area contributed by atoms with Crippen molar-refractivity contribution in [3.05, 3.63) is 54.2 Å². The van der Waals surface area contributed by atoms with Gasteiger partial charge in [-0.15, -0.1) is 0 Å². The van der Waals surface area contributed by atoms with Gasteiger partial charge in [-0.05, 0) is 31.2 Å². The smallest absolute Gasteiger partial charge is 0.347 e. The molecule has 5 nitrogen and oxygen atoms in total. The first-order valence-corrected chi connectivity index (χ1v) is 6.57. The zero-order chi connectivity index (χ0) is 14.8. The third-order valence-electron chi connectivity index (χ3n) is 3.24. The maximum absolute atomic E-state index is 12.3. The fourth-order valence-electron chi connectivity index (χ4n) is 2.19. The second-order valence-corrected chi connectivity index (χ2v) is 4.78. The largest absolute Gasteiger partial charge is 0.497 e. The van der Waals surface area contributed by atoms with Crippen LogP contribution in [-0.2, 0) is 0 Å². The number of benzene rings is 2. The Morgan fingerprint density at radius 3 is 2.90 bits per heavy atom. The van der Waals surface area contributed by atoms with E-state index in [0.29, 0.717) is 11.4 Å². The summed E-state index contributed by atoms with van der Waals surface area (Å²) < 4.78 is 6.49. The number of aromatic nitrogens is 2. The Kier molecular flexibility index (Phi) is 3.31. The molecule has 1 N–H and O–H groups in total. The standard InChI is InChI=1S/C16H15N3O2/c1-11-6-7-15-12(8-11)10-17-19(15)16(20)18-13-4-3-5-14(9-13)21-2/h3-10H,1-2H3,(H,18,20). The first-order chi connectivity index (χ1) is 10.2. The highest BCUT2D eigenvalue weighted by atomic mass is 16.5. The number of rotatable bonds is 2. The number of amides is 1. The fourth-order valence-corrected chi connectivity index (χ4v) is 2.19. The predicted octanol–water partition coefficient (Wildman–Crippen LogP) is 3.43. The minimum absolute atomic E-state index is 0.304. The molecular weight excluding hydrogens is 266 g/mol. The van der Waals surface area contributed by atoms with Crippen molar-refractivity contribution in [3.63, 3.8) is 0 Å². The van der Waals surface area contributed by atoms with Crippen LogP contribution in [0.15, 0.2) is 48.7 Å². The molecule has 0 fully saturated rings. The number of nitrogens with zero attached hydrogens (tertiary/aromatic N) is 2. The van der Waals surface area contributed by atoms with Crippen LogP contribution in [0.5, 0.6) is 5.75 Å². The number of methoxy groups -OCH3 is 1. The molecule has 0 saturated carbocycles. The first kappa shape index (κ1) is 13.2. The molecule has 0 aliphatic rings. The normalized spacial score (nSPS) is 10.6. The van der Waals surface area contributed by atoms with Gasteiger partial charge in [0.1, 0.15) is 5.75 Å². The lowest BCUT2D eigenvalue weighted by Gasteiger charge is -2.07. The van der Waals surface area contributed by atoms with Crippen LogP contribution in [0.3, 0.4) is 0 Å². The van der Waals surface area contributed by atoms with Gasteiger partial charge in [-0.1, -0.05) is 17.7 Å². The van der Waals surface area contributed by atoms with Crippen molar-refractivity contribution >= 4 is 22.6 Å². The fraction of sp³-hybridized carbons (Fsp3) is 0.125. The molecule has 0 saturated heterocycles. The number of hydrogen-bond donors (Lipinski definition) is 1. The Labute approximate surface area is 122 Å². The van der Waals surface area contributed by atoms with Gasteiger partial charge in [-0.3, -0.25) is 0 Å². The Hall–Kier alpha value is -2.82. The van der Waals surface area contributed by atoms with Crippen LogP contribution in [0.2, 0.25) is 0 Å². The molecule has 1 aromatic heterocycles. The zero-order valence-corrected chi connectivity index (χ0v) is 11.8. The summed E-state index contributed by atoms with van der Waals surface area (Å²) in [5.41, 5.74) is 2.58. The molecule has 1 heterocycles. The lowest BCUT2D eigenvalue weighted by atomic mass is 10.2. The second kappa shape index (κ2) is 5.28. The summed E-state index contributed by atoms with van der Waals surface area (Å²) in [5, 5.41) is 7.90. The summed E-state index contributed by atoms with van der Waals surface area (Å²) in [6.07, 6.45) is 1.69. The Morgan fingerprint density at radius 2 is 2.10 bits per heavy atom. The van der Waals surface area contributed by atoms with Crippen LogP contribution in [0.1, 0.15) is 5.56 Å². The van der Waals surface area contributed by atoms with Gasteiger partial charge < -0.3 is 10.1 Å². The summed E-state index contributed by atoms with van der Waals surface area (Å²) in [5.74, 6) is 0.689. The number of fused-ring (bicyclic) bond motifs is 1. The molecule has 3 aromatic rings. The number of carbonyl (C=O) groups excluding carboxylic acids is 1. The van der Waals surface area contributed by atoms with Crippen LogP contribution in [0.4, 0.5) is 10.5 Å². The molecule has 0 aliphatic heterocycles. The van der Waals surface area contributed by atoms with Gasteiger partial charge >= 0.3 is 6.03 Å². The second-order valence-electron chi connectivity index (χ2n) is 4.78. The number of hydrogen-bond acceptors (Lipinski definition) is 3. The van der Waals surface area contributed by atoms with E-state index in [4.69, 9.17) is 4.74 Å². The molecule has 21 heavy (non-hydrogen) atoms. The zero-order valence-electron chi connectivity index (χ0n) is 11.8. The van der Waals surface area contributed by atoms with E-state index in [1.165, 1.54) is 4.68 Å². The van der Waals surface area contributed by atoms with Crippen LogP contribution >= 0.6 is 0 Å². The maximum atomic E-state index is 12.3. The van der Waals surface area contributed by atoms with Gasteiger partial charge in [0.25, 0.3) is 0 Å². The monoisotopic (exact) mass is 281 g/mol. The van der Waals surface area contributed by atoms with Crippen molar-refractivity contribution in [1.82, 2.24) is 9.78 Å². The van der Waals surface area contributed by atoms with Gasteiger partial charge in [0.15, 0.2) is 0 Å². The van der Waals surface area contributed by atoms with Crippen molar-refractivity contribution in [2.75, 3.05) is 12.4 Å². The van der Waals surface area contributed by atoms with E-state index in [2.05, 4.69) is 10.4 Å². The lowest BCUT2D eigenvalue weighted by Crippen LogP contribution is -2.20. The van der Waals surface area contributed by atoms with E-state index in [1.807, 2.05) is 37.3 Å². The van der Waals surface area contributed by atoms with E-state index in [9.17, 15) is 4.79 Å². The van der Waals surface area contributed by atoms with Crippen molar-refractivity contribution in [2.24, 2.45) is 0 Å². The Morgan fingerprint density at radius 1 is 1.24 bits per heavy atom. The number of nitrogens with one attached hydrogen (secondary N) is 1. The van der Waals surface area contributed by atoms with Crippen LogP contribution in [0, 0.1) is 6.92 Å². The SMILES string of the molecule is COc1cccc(NC(=O)n2ncc3cc(C)ccc32)c1.